The third-order valence-electron chi connectivity index (χ3n) is 3.37. The van der Waals surface area contributed by atoms with E-state index in [-0.39, 0.29) is 11.2 Å². The summed E-state index contributed by atoms with van der Waals surface area (Å²) < 4.78 is 1.38. The molecule has 110 valence electrons. The first-order valence-electron chi connectivity index (χ1n) is 6.68. The number of nitrogens with one attached hydrogen (secondary N) is 1. The molecule has 0 saturated carbocycles. The van der Waals surface area contributed by atoms with E-state index in [0.717, 1.165) is 11.4 Å². The molecule has 1 N–H and O–H groups in total. The molecule has 0 amide bonds. The number of hydrogen-bond donors (Lipinski definition) is 1. The molecule has 1 aromatic carbocycles. The summed E-state index contributed by atoms with van der Waals surface area (Å²) in [5.74, 6) is 0. The fraction of sp³-hybridized carbons (Fsp3) is 0.267. The van der Waals surface area contributed by atoms with Crippen LogP contribution in [0.15, 0.2) is 47.4 Å². The molecule has 0 aliphatic heterocycles. The Labute approximate surface area is 122 Å². The van der Waals surface area contributed by atoms with Crippen molar-refractivity contribution in [3.05, 3.63) is 74.2 Å². The molecule has 0 saturated heterocycles. The van der Waals surface area contributed by atoms with E-state index in [9.17, 15) is 14.9 Å². The van der Waals surface area contributed by atoms with Crippen LogP contribution in [0.2, 0.25) is 0 Å². The molecule has 1 heterocycles. The molecule has 1 atom stereocenters. The van der Waals surface area contributed by atoms with Crippen molar-refractivity contribution >= 4 is 5.69 Å². The van der Waals surface area contributed by atoms with Crippen LogP contribution in [0.5, 0.6) is 0 Å². The summed E-state index contributed by atoms with van der Waals surface area (Å²) in [6, 6.07) is 10.5. The van der Waals surface area contributed by atoms with Crippen molar-refractivity contribution in [2.75, 3.05) is 7.05 Å². The fourth-order valence-electron chi connectivity index (χ4n) is 2.23. The number of pyridine rings is 1. The molecule has 0 fully saturated rings. The second-order valence-electron chi connectivity index (χ2n) is 5.17. The molecule has 6 nitrogen and oxygen atoms in total. The minimum absolute atomic E-state index is 0.0710. The highest BCUT2D eigenvalue weighted by Gasteiger charge is 2.11. The molecule has 21 heavy (non-hydrogen) atoms. The highest BCUT2D eigenvalue weighted by Crippen LogP contribution is 2.06. The van der Waals surface area contributed by atoms with E-state index < -0.39 is 4.92 Å². The van der Waals surface area contributed by atoms with Gasteiger partial charge in [-0.3, -0.25) is 19.5 Å². The van der Waals surface area contributed by atoms with Crippen LogP contribution >= 0.6 is 0 Å². The summed E-state index contributed by atoms with van der Waals surface area (Å²) in [7, 11) is 1.96. The Morgan fingerprint density at radius 2 is 1.95 bits per heavy atom. The van der Waals surface area contributed by atoms with Gasteiger partial charge in [-0.15, -0.1) is 0 Å². The number of benzene rings is 1. The summed E-state index contributed by atoms with van der Waals surface area (Å²) >= 11 is 0. The van der Waals surface area contributed by atoms with Gasteiger partial charge in [0, 0.05) is 17.7 Å². The Hall–Kier alpha value is -2.47. The molecule has 6 heteroatoms. The lowest BCUT2D eigenvalue weighted by atomic mass is 10.1. The maximum atomic E-state index is 11.8. The first-order chi connectivity index (χ1) is 9.97. The Morgan fingerprint density at radius 3 is 2.62 bits per heavy atom. The first kappa shape index (κ1) is 14.9. The van der Waals surface area contributed by atoms with Gasteiger partial charge in [0.25, 0.3) is 11.2 Å². The molecule has 0 bridgehead atoms. The SMILES string of the molecule is Cc1ccccc1C[NH+](C)Cn1cc([N+](=O)[O-])ccc1=O. The molecule has 0 aliphatic rings. The van der Waals surface area contributed by atoms with Crippen LogP contribution in [0.4, 0.5) is 5.69 Å². The largest absolute Gasteiger partial charge is 0.316 e. The second-order valence-corrected chi connectivity index (χ2v) is 5.17. The van der Waals surface area contributed by atoms with Crippen LogP contribution in [0, 0.1) is 17.0 Å². The van der Waals surface area contributed by atoms with E-state index >= 15 is 0 Å². The highest BCUT2D eigenvalue weighted by atomic mass is 16.6. The van der Waals surface area contributed by atoms with E-state index in [2.05, 4.69) is 6.07 Å². The van der Waals surface area contributed by atoms with Crippen molar-refractivity contribution in [1.29, 1.82) is 0 Å². The molecule has 0 radical (unpaired) electrons. The lowest BCUT2D eigenvalue weighted by Gasteiger charge is -2.16. The van der Waals surface area contributed by atoms with Crippen LogP contribution in [-0.2, 0) is 13.2 Å². The summed E-state index contributed by atoms with van der Waals surface area (Å²) in [5, 5.41) is 10.8. The minimum atomic E-state index is -0.493. The molecular formula is C15H18N3O3+. The van der Waals surface area contributed by atoms with E-state index in [1.807, 2.05) is 32.2 Å². The average molecular weight is 288 g/mol. The number of aryl methyl sites for hydroxylation is 1. The van der Waals surface area contributed by atoms with Crippen LogP contribution in [0.3, 0.4) is 0 Å². The predicted octanol–water partition coefficient (Wildman–Crippen LogP) is 0.737. The summed E-state index contributed by atoms with van der Waals surface area (Å²) in [4.78, 5) is 23.1. The van der Waals surface area contributed by atoms with Gasteiger partial charge >= 0.3 is 0 Å². The van der Waals surface area contributed by atoms with E-state index in [1.54, 1.807) is 0 Å². The molecule has 2 aromatic rings. The number of rotatable bonds is 5. The monoisotopic (exact) mass is 288 g/mol. The van der Waals surface area contributed by atoms with Crippen molar-refractivity contribution in [2.24, 2.45) is 0 Å². The maximum Gasteiger partial charge on any atom is 0.285 e. The van der Waals surface area contributed by atoms with Gasteiger partial charge in [-0.2, -0.15) is 0 Å². The van der Waals surface area contributed by atoms with Crippen molar-refractivity contribution in [2.45, 2.75) is 20.1 Å². The molecule has 0 aliphatic carbocycles. The number of hydrogen-bond acceptors (Lipinski definition) is 3. The molecule has 2 rings (SSSR count). The summed E-state index contributed by atoms with van der Waals surface area (Å²) in [6.07, 6.45) is 1.30. The lowest BCUT2D eigenvalue weighted by Crippen LogP contribution is -3.07. The van der Waals surface area contributed by atoms with Crippen molar-refractivity contribution in [3.63, 3.8) is 0 Å². The quantitative estimate of drug-likeness (QED) is 0.651. The topological polar surface area (TPSA) is 69.6 Å². The zero-order valence-electron chi connectivity index (χ0n) is 12.1. The third-order valence-corrected chi connectivity index (χ3v) is 3.37. The number of nitrogens with zero attached hydrogens (tertiary/aromatic N) is 2. The van der Waals surface area contributed by atoms with Crippen LogP contribution < -0.4 is 10.5 Å². The Bertz CT molecular complexity index is 709. The van der Waals surface area contributed by atoms with Gasteiger partial charge in [-0.05, 0) is 12.5 Å². The van der Waals surface area contributed by atoms with Crippen molar-refractivity contribution in [1.82, 2.24) is 4.57 Å². The van der Waals surface area contributed by atoms with Gasteiger partial charge in [-0.25, -0.2) is 0 Å². The molecule has 1 aromatic heterocycles. The number of aromatic nitrogens is 1. The first-order valence-corrected chi connectivity index (χ1v) is 6.68. The maximum absolute atomic E-state index is 11.8. The zero-order chi connectivity index (χ0) is 15.4. The van der Waals surface area contributed by atoms with Crippen molar-refractivity contribution in [3.8, 4) is 0 Å². The van der Waals surface area contributed by atoms with Gasteiger partial charge in [0.15, 0.2) is 6.67 Å². The third kappa shape index (κ3) is 3.76. The second kappa shape index (κ2) is 6.32. The smallest absolute Gasteiger partial charge is 0.285 e. The molecule has 1 unspecified atom stereocenters. The van der Waals surface area contributed by atoms with Gasteiger partial charge in [0.1, 0.15) is 6.54 Å². The Balaban J connectivity index is 2.14. The Morgan fingerprint density at radius 1 is 1.24 bits per heavy atom. The van der Waals surface area contributed by atoms with Gasteiger partial charge in [-0.1, -0.05) is 24.3 Å². The number of nitro groups is 1. The predicted molar refractivity (Wildman–Crippen MR) is 79.1 cm³/mol. The van der Waals surface area contributed by atoms with Gasteiger partial charge in [0.05, 0.1) is 18.2 Å². The fourth-order valence-corrected chi connectivity index (χ4v) is 2.23. The standard InChI is InChI=1S/C15H17N3O3/c1-12-5-3-4-6-13(12)9-16(2)11-17-10-14(18(20)21)7-8-15(17)19/h3-8,10H,9,11H2,1-2H3/p+1. The molecule has 0 spiro atoms. The number of quaternary nitrogens is 1. The zero-order valence-corrected chi connectivity index (χ0v) is 12.1. The molecular weight excluding hydrogens is 270 g/mol. The normalized spacial score (nSPS) is 12.1. The van der Waals surface area contributed by atoms with Crippen LogP contribution in [0.25, 0.3) is 0 Å². The van der Waals surface area contributed by atoms with Gasteiger partial charge < -0.3 is 4.90 Å². The van der Waals surface area contributed by atoms with Crippen molar-refractivity contribution < 1.29 is 9.82 Å². The van der Waals surface area contributed by atoms with Crippen LogP contribution in [-0.4, -0.2) is 16.5 Å². The Kier molecular flexibility index (Phi) is 4.49. The van der Waals surface area contributed by atoms with Crippen LogP contribution in [0.1, 0.15) is 11.1 Å². The average Bonchev–Trinajstić information content (AvgIpc) is 2.43. The van der Waals surface area contributed by atoms with E-state index in [4.69, 9.17) is 0 Å². The summed E-state index contributed by atoms with van der Waals surface area (Å²) in [5.41, 5.74) is 2.10. The highest BCUT2D eigenvalue weighted by molar-refractivity contribution is 5.25. The lowest BCUT2D eigenvalue weighted by molar-refractivity contribution is -0.917. The van der Waals surface area contributed by atoms with Gasteiger partial charge in [0.2, 0.25) is 0 Å². The van der Waals surface area contributed by atoms with E-state index in [1.165, 1.54) is 34.0 Å². The van der Waals surface area contributed by atoms with E-state index in [0.29, 0.717) is 6.67 Å². The minimum Gasteiger partial charge on any atom is -0.316 e. The summed E-state index contributed by atoms with van der Waals surface area (Å²) in [6.45, 7) is 3.18.